The van der Waals surface area contributed by atoms with Crippen LogP contribution in [0.3, 0.4) is 0 Å². The molecule has 0 aromatic carbocycles. The summed E-state index contributed by atoms with van der Waals surface area (Å²) in [5, 5.41) is 9.39. The number of thioether (sulfide) groups is 1. The highest BCUT2D eigenvalue weighted by atomic mass is 79.9. The van der Waals surface area contributed by atoms with Crippen LogP contribution in [0.2, 0.25) is 0 Å². The second-order valence-corrected chi connectivity index (χ2v) is 9.95. The van der Waals surface area contributed by atoms with E-state index in [1.807, 2.05) is 18.5 Å². The summed E-state index contributed by atoms with van der Waals surface area (Å²) in [4.78, 5) is 20.6. The number of ether oxygens (including phenoxy) is 3. The fraction of sp³-hybridized carbons (Fsp3) is 0.737. The lowest BCUT2D eigenvalue weighted by atomic mass is 10.1. The lowest BCUT2D eigenvalue weighted by molar-refractivity contribution is -0.164. The minimum absolute atomic E-state index is 0.00797. The van der Waals surface area contributed by atoms with Gasteiger partial charge in [-0.05, 0) is 42.6 Å². The number of esters is 1. The third-order valence-electron chi connectivity index (χ3n) is 5.36. The number of halogens is 1. The van der Waals surface area contributed by atoms with Gasteiger partial charge in [0.05, 0.1) is 18.8 Å². The standard InChI is InChI=1S/C19H26BrN5O4S/c1-5-6-7-30-18-21-16(20)13-17(22-18)25(24-23-13)12-8-11(9-27-10(2)26)14-15(12)29-19(3,4)28-14/h11-12,14-15H,5-9H2,1-4H3/t11-,12-,14-,15+/m1/s1. The van der Waals surface area contributed by atoms with Crippen LogP contribution in [0.4, 0.5) is 0 Å². The molecule has 2 aromatic heterocycles. The van der Waals surface area contributed by atoms with Crippen molar-refractivity contribution in [3.05, 3.63) is 4.60 Å². The highest BCUT2D eigenvalue weighted by Crippen LogP contribution is 2.47. The maximum Gasteiger partial charge on any atom is 0.302 e. The molecule has 0 bridgehead atoms. The summed E-state index contributed by atoms with van der Waals surface area (Å²) in [6.07, 6.45) is 2.50. The number of hydrogen-bond donors (Lipinski definition) is 0. The second-order valence-electron chi connectivity index (χ2n) is 8.14. The predicted molar refractivity (Wildman–Crippen MR) is 114 cm³/mol. The van der Waals surface area contributed by atoms with E-state index >= 15 is 0 Å². The van der Waals surface area contributed by atoms with Crippen LogP contribution in [0.25, 0.3) is 11.2 Å². The van der Waals surface area contributed by atoms with E-state index < -0.39 is 5.79 Å². The van der Waals surface area contributed by atoms with Gasteiger partial charge in [-0.2, -0.15) is 0 Å². The Bertz CT molecular complexity index is 939. The van der Waals surface area contributed by atoms with Gasteiger partial charge in [0.25, 0.3) is 0 Å². The minimum Gasteiger partial charge on any atom is -0.465 e. The van der Waals surface area contributed by atoms with Crippen molar-refractivity contribution in [2.75, 3.05) is 12.4 Å². The average molecular weight is 500 g/mol. The number of carbonyl (C=O) groups excluding carboxylic acids is 1. The SMILES string of the molecule is CCCCSc1nc(Br)c2nnn([C@@H]3C[C@H](COC(C)=O)[C@H]4OC(C)(C)O[C@H]43)c2n1. The number of fused-ring (bicyclic) bond motifs is 2. The molecule has 2 fully saturated rings. The van der Waals surface area contributed by atoms with Crippen LogP contribution in [-0.2, 0) is 19.0 Å². The maximum absolute atomic E-state index is 11.3. The van der Waals surface area contributed by atoms with Gasteiger partial charge >= 0.3 is 5.97 Å². The topological polar surface area (TPSA) is 101 Å². The first-order valence-corrected chi connectivity index (χ1v) is 12.0. The monoisotopic (exact) mass is 499 g/mol. The summed E-state index contributed by atoms with van der Waals surface area (Å²) in [5.74, 6) is -0.0478. The Kier molecular flexibility index (Phi) is 6.34. The normalized spacial score (nSPS) is 27.5. The fourth-order valence-electron chi connectivity index (χ4n) is 4.06. The Labute approximate surface area is 187 Å². The van der Waals surface area contributed by atoms with Gasteiger partial charge in [0.1, 0.15) is 10.7 Å². The van der Waals surface area contributed by atoms with E-state index in [4.69, 9.17) is 19.2 Å². The zero-order valence-corrected chi connectivity index (χ0v) is 19.9. The largest absolute Gasteiger partial charge is 0.465 e. The van der Waals surface area contributed by atoms with Gasteiger partial charge in [0.15, 0.2) is 22.1 Å². The zero-order valence-electron chi connectivity index (χ0n) is 17.5. The highest BCUT2D eigenvalue weighted by Gasteiger charge is 2.55. The van der Waals surface area contributed by atoms with Crippen LogP contribution in [0.15, 0.2) is 9.76 Å². The van der Waals surface area contributed by atoms with Crippen LogP contribution in [0, 0.1) is 5.92 Å². The molecule has 0 amide bonds. The molecule has 1 aliphatic heterocycles. The Morgan fingerprint density at radius 1 is 1.33 bits per heavy atom. The van der Waals surface area contributed by atoms with Gasteiger partial charge in [0, 0.05) is 18.6 Å². The third-order valence-corrected chi connectivity index (χ3v) is 6.84. The van der Waals surface area contributed by atoms with E-state index in [9.17, 15) is 4.79 Å². The van der Waals surface area contributed by atoms with Crippen LogP contribution in [-0.4, -0.2) is 61.3 Å². The van der Waals surface area contributed by atoms with Crippen LogP contribution >= 0.6 is 27.7 Å². The van der Waals surface area contributed by atoms with E-state index in [0.717, 1.165) is 18.6 Å². The minimum atomic E-state index is -0.713. The summed E-state index contributed by atoms with van der Waals surface area (Å²) in [7, 11) is 0. The van der Waals surface area contributed by atoms with Crippen LogP contribution in [0.1, 0.15) is 53.0 Å². The summed E-state index contributed by atoms with van der Waals surface area (Å²) in [6.45, 7) is 7.65. The molecule has 0 radical (unpaired) electrons. The Balaban J connectivity index is 1.65. The highest BCUT2D eigenvalue weighted by molar-refractivity contribution is 9.10. The maximum atomic E-state index is 11.3. The Morgan fingerprint density at radius 2 is 2.10 bits per heavy atom. The Morgan fingerprint density at radius 3 is 2.83 bits per heavy atom. The molecule has 4 atom stereocenters. The van der Waals surface area contributed by atoms with Crippen molar-refractivity contribution in [3.8, 4) is 0 Å². The lowest BCUT2D eigenvalue weighted by Crippen LogP contribution is -2.29. The van der Waals surface area contributed by atoms with E-state index in [0.29, 0.717) is 27.3 Å². The van der Waals surface area contributed by atoms with Crippen molar-refractivity contribution in [2.45, 2.75) is 76.2 Å². The van der Waals surface area contributed by atoms with Crippen molar-refractivity contribution >= 4 is 44.8 Å². The summed E-state index contributed by atoms with van der Waals surface area (Å²) < 4.78 is 20.1. The molecule has 3 heterocycles. The number of aromatic nitrogens is 5. The van der Waals surface area contributed by atoms with E-state index in [1.165, 1.54) is 6.92 Å². The van der Waals surface area contributed by atoms with Crippen LogP contribution in [0.5, 0.6) is 0 Å². The van der Waals surface area contributed by atoms with Crippen molar-refractivity contribution in [1.29, 1.82) is 0 Å². The molecule has 2 aliphatic rings. The molecule has 9 nitrogen and oxygen atoms in total. The lowest BCUT2D eigenvalue weighted by Gasteiger charge is -2.23. The average Bonchev–Trinajstić information content (AvgIpc) is 3.31. The number of unbranched alkanes of at least 4 members (excludes halogenated alkanes) is 1. The van der Waals surface area contributed by atoms with Crippen molar-refractivity contribution < 1.29 is 19.0 Å². The summed E-state index contributed by atoms with van der Waals surface area (Å²) in [6, 6.07) is -0.127. The smallest absolute Gasteiger partial charge is 0.302 e. The van der Waals surface area contributed by atoms with Crippen LogP contribution < -0.4 is 0 Å². The molecule has 2 aromatic rings. The molecule has 0 spiro atoms. The second kappa shape index (κ2) is 8.68. The van der Waals surface area contributed by atoms with Gasteiger partial charge < -0.3 is 14.2 Å². The molecular formula is C19H26BrN5O4S. The molecule has 1 saturated heterocycles. The summed E-state index contributed by atoms with van der Waals surface area (Å²) >= 11 is 5.14. The molecule has 0 unspecified atom stereocenters. The molecule has 164 valence electrons. The molecule has 4 rings (SSSR count). The van der Waals surface area contributed by atoms with Crippen molar-refractivity contribution in [2.24, 2.45) is 5.92 Å². The summed E-state index contributed by atoms with van der Waals surface area (Å²) in [5.41, 5.74) is 1.29. The van der Waals surface area contributed by atoms with Crippen molar-refractivity contribution in [3.63, 3.8) is 0 Å². The predicted octanol–water partition coefficient (Wildman–Crippen LogP) is 3.52. The molecular weight excluding hydrogens is 474 g/mol. The number of rotatable bonds is 7. The first-order valence-electron chi connectivity index (χ1n) is 10.2. The van der Waals surface area contributed by atoms with E-state index in [1.54, 1.807) is 11.8 Å². The molecule has 1 aliphatic carbocycles. The zero-order chi connectivity index (χ0) is 21.5. The van der Waals surface area contributed by atoms with Crippen molar-refractivity contribution in [1.82, 2.24) is 25.0 Å². The number of carbonyl (C=O) groups is 1. The molecule has 11 heteroatoms. The number of nitrogens with zero attached hydrogens (tertiary/aromatic N) is 5. The number of hydrogen-bond acceptors (Lipinski definition) is 9. The van der Waals surface area contributed by atoms with Gasteiger partial charge in [-0.15, -0.1) is 5.10 Å². The molecule has 1 saturated carbocycles. The van der Waals surface area contributed by atoms with Gasteiger partial charge in [-0.1, -0.05) is 30.3 Å². The first kappa shape index (κ1) is 21.9. The van der Waals surface area contributed by atoms with E-state index in [-0.39, 0.29) is 36.7 Å². The Hall–Kier alpha value is -1.30. The quantitative estimate of drug-likeness (QED) is 0.186. The van der Waals surface area contributed by atoms with E-state index in [2.05, 4.69) is 38.1 Å². The van der Waals surface area contributed by atoms with Gasteiger partial charge in [-0.25, -0.2) is 14.6 Å². The first-order chi connectivity index (χ1) is 14.3. The van der Waals surface area contributed by atoms with Gasteiger partial charge in [-0.3, -0.25) is 4.79 Å². The molecule has 0 N–H and O–H groups in total. The van der Waals surface area contributed by atoms with Gasteiger partial charge in [0.2, 0.25) is 0 Å². The molecule has 30 heavy (non-hydrogen) atoms. The third kappa shape index (κ3) is 4.35. The fourth-order valence-corrected chi connectivity index (χ4v) is 5.52.